The van der Waals surface area contributed by atoms with Crippen molar-refractivity contribution in [2.75, 3.05) is 24.4 Å². The van der Waals surface area contributed by atoms with Gasteiger partial charge < -0.3 is 20.1 Å². The number of nitrogens with one attached hydrogen (secondary N) is 3. The molecule has 156 valence electrons. The number of hydrogen-bond donors (Lipinski definition) is 3. The molecule has 4 amide bonds. The van der Waals surface area contributed by atoms with Gasteiger partial charge in [-0.15, -0.1) is 0 Å². The van der Waals surface area contributed by atoms with Crippen molar-refractivity contribution in [2.45, 2.75) is 12.8 Å². The van der Waals surface area contributed by atoms with E-state index >= 15 is 0 Å². The Hall–Kier alpha value is -3.88. The Kier molecular flexibility index (Phi) is 6.63. The van der Waals surface area contributed by atoms with E-state index in [0.29, 0.717) is 17.1 Å². The number of rotatable bonds is 7. The molecular weight excluding hydrogens is 390 g/mol. The molecule has 3 rings (SSSR count). The fraction of sp³-hybridized carbons (Fsp3) is 0.238. The van der Waals surface area contributed by atoms with E-state index in [4.69, 9.17) is 9.47 Å². The average Bonchev–Trinajstić information content (AvgIpc) is 3.58. The Balaban J connectivity index is 1.41. The molecule has 0 aliphatic heterocycles. The average molecular weight is 411 g/mol. The Morgan fingerprint density at radius 2 is 1.50 bits per heavy atom. The van der Waals surface area contributed by atoms with Gasteiger partial charge in [0.1, 0.15) is 5.75 Å². The molecule has 1 aliphatic rings. The molecule has 2 aromatic carbocycles. The van der Waals surface area contributed by atoms with Gasteiger partial charge in [0, 0.05) is 17.3 Å². The molecule has 9 heteroatoms. The van der Waals surface area contributed by atoms with Crippen LogP contribution in [0.15, 0.2) is 48.5 Å². The van der Waals surface area contributed by atoms with Crippen LogP contribution in [0, 0.1) is 5.92 Å². The molecule has 1 saturated carbocycles. The molecule has 2 aromatic rings. The third kappa shape index (κ3) is 6.06. The highest BCUT2D eigenvalue weighted by Crippen LogP contribution is 2.30. The Bertz CT molecular complexity index is 936. The summed E-state index contributed by atoms with van der Waals surface area (Å²) >= 11 is 0. The number of imide groups is 1. The summed E-state index contributed by atoms with van der Waals surface area (Å²) in [4.78, 5) is 47.4. The van der Waals surface area contributed by atoms with Gasteiger partial charge in [-0.25, -0.2) is 9.59 Å². The summed E-state index contributed by atoms with van der Waals surface area (Å²) in [6.45, 7) is -0.616. The standard InChI is InChI=1S/C21H21N3O6/c1-29-17-10-8-16(9-11-17)23-21(28)24-18(25)12-30-20(27)14-4-6-15(7-5-14)22-19(26)13-2-3-13/h4-11,13H,2-3,12H2,1H3,(H,22,26)(H2,23,24,25,28). The normalized spacial score (nSPS) is 12.4. The largest absolute Gasteiger partial charge is 0.497 e. The van der Waals surface area contributed by atoms with Gasteiger partial charge >= 0.3 is 12.0 Å². The van der Waals surface area contributed by atoms with Crippen LogP contribution in [0.3, 0.4) is 0 Å². The first-order valence-corrected chi connectivity index (χ1v) is 9.27. The van der Waals surface area contributed by atoms with Gasteiger partial charge in [-0.3, -0.25) is 14.9 Å². The van der Waals surface area contributed by atoms with E-state index in [0.717, 1.165) is 12.8 Å². The molecule has 0 atom stereocenters. The molecule has 0 spiro atoms. The first-order valence-electron chi connectivity index (χ1n) is 9.27. The van der Waals surface area contributed by atoms with E-state index in [1.54, 1.807) is 36.4 Å². The number of carbonyl (C=O) groups excluding carboxylic acids is 4. The SMILES string of the molecule is COc1ccc(NC(=O)NC(=O)COC(=O)c2ccc(NC(=O)C3CC3)cc2)cc1. The summed E-state index contributed by atoms with van der Waals surface area (Å²) in [5, 5.41) is 7.30. The minimum atomic E-state index is -0.775. The molecule has 9 nitrogen and oxygen atoms in total. The number of hydrogen-bond acceptors (Lipinski definition) is 6. The van der Waals surface area contributed by atoms with E-state index < -0.39 is 24.5 Å². The van der Waals surface area contributed by atoms with E-state index in [9.17, 15) is 19.2 Å². The maximum absolute atomic E-state index is 12.0. The van der Waals surface area contributed by atoms with E-state index in [2.05, 4.69) is 16.0 Å². The number of ether oxygens (including phenoxy) is 2. The molecule has 0 radical (unpaired) electrons. The van der Waals surface area contributed by atoms with Gasteiger partial charge in [0.25, 0.3) is 5.91 Å². The third-order valence-electron chi connectivity index (χ3n) is 4.27. The molecule has 30 heavy (non-hydrogen) atoms. The summed E-state index contributed by atoms with van der Waals surface area (Å²) in [5.41, 5.74) is 1.26. The number of benzene rings is 2. The van der Waals surface area contributed by atoms with Crippen molar-refractivity contribution in [3.63, 3.8) is 0 Å². The maximum Gasteiger partial charge on any atom is 0.338 e. The second kappa shape index (κ2) is 9.55. The topological polar surface area (TPSA) is 123 Å². The summed E-state index contributed by atoms with van der Waals surface area (Å²) in [6.07, 6.45) is 1.80. The van der Waals surface area contributed by atoms with E-state index in [1.807, 2.05) is 0 Å². The zero-order valence-corrected chi connectivity index (χ0v) is 16.3. The predicted molar refractivity (Wildman–Crippen MR) is 108 cm³/mol. The molecule has 0 bridgehead atoms. The second-order valence-electron chi connectivity index (χ2n) is 6.65. The summed E-state index contributed by atoms with van der Waals surface area (Å²) < 4.78 is 9.92. The fourth-order valence-electron chi connectivity index (χ4n) is 2.49. The molecule has 1 fully saturated rings. The number of carbonyl (C=O) groups is 4. The zero-order chi connectivity index (χ0) is 21.5. The Morgan fingerprint density at radius 1 is 0.900 bits per heavy atom. The second-order valence-corrected chi connectivity index (χ2v) is 6.65. The lowest BCUT2D eigenvalue weighted by Gasteiger charge is -2.09. The number of urea groups is 1. The lowest BCUT2D eigenvalue weighted by atomic mass is 10.2. The highest BCUT2D eigenvalue weighted by atomic mass is 16.5. The van der Waals surface area contributed by atoms with Gasteiger partial charge in [0.2, 0.25) is 5.91 Å². The van der Waals surface area contributed by atoms with Gasteiger partial charge in [0.15, 0.2) is 6.61 Å². The highest BCUT2D eigenvalue weighted by molar-refractivity contribution is 6.02. The van der Waals surface area contributed by atoms with Crippen LogP contribution in [0.1, 0.15) is 23.2 Å². The fourth-order valence-corrected chi connectivity index (χ4v) is 2.49. The monoisotopic (exact) mass is 411 g/mol. The van der Waals surface area contributed by atoms with Gasteiger partial charge in [-0.05, 0) is 61.4 Å². The van der Waals surface area contributed by atoms with Crippen LogP contribution in [0.4, 0.5) is 16.2 Å². The van der Waals surface area contributed by atoms with Crippen molar-refractivity contribution in [1.82, 2.24) is 5.32 Å². The number of anilines is 2. The lowest BCUT2D eigenvalue weighted by molar-refractivity contribution is -0.123. The molecular formula is C21H21N3O6. The van der Waals surface area contributed by atoms with Gasteiger partial charge in [0.05, 0.1) is 12.7 Å². The number of amides is 4. The summed E-state index contributed by atoms with van der Waals surface area (Å²) in [6, 6.07) is 11.9. The van der Waals surface area contributed by atoms with Crippen molar-refractivity contribution in [3.8, 4) is 5.75 Å². The molecule has 0 saturated heterocycles. The van der Waals surface area contributed by atoms with Crippen molar-refractivity contribution in [2.24, 2.45) is 5.92 Å². The highest BCUT2D eigenvalue weighted by Gasteiger charge is 2.29. The third-order valence-corrected chi connectivity index (χ3v) is 4.27. The predicted octanol–water partition coefficient (Wildman–Crippen LogP) is 2.55. The number of esters is 1. The lowest BCUT2D eigenvalue weighted by Crippen LogP contribution is -2.37. The summed E-state index contributed by atoms with van der Waals surface area (Å²) in [5.74, 6) is -0.823. The van der Waals surface area contributed by atoms with Crippen molar-refractivity contribution < 1.29 is 28.7 Å². The Morgan fingerprint density at radius 3 is 2.10 bits per heavy atom. The van der Waals surface area contributed by atoms with Crippen molar-refractivity contribution >= 4 is 35.2 Å². The minimum absolute atomic E-state index is 0.0325. The van der Waals surface area contributed by atoms with E-state index in [-0.39, 0.29) is 17.4 Å². The van der Waals surface area contributed by atoms with Crippen LogP contribution in [-0.4, -0.2) is 37.5 Å². The molecule has 0 unspecified atom stereocenters. The van der Waals surface area contributed by atoms with Crippen LogP contribution < -0.4 is 20.7 Å². The van der Waals surface area contributed by atoms with Crippen molar-refractivity contribution in [1.29, 1.82) is 0 Å². The van der Waals surface area contributed by atoms with Crippen LogP contribution in [0.5, 0.6) is 5.75 Å². The smallest absolute Gasteiger partial charge is 0.338 e. The number of methoxy groups -OCH3 is 1. The molecule has 0 heterocycles. The summed E-state index contributed by atoms with van der Waals surface area (Å²) in [7, 11) is 1.52. The molecule has 1 aliphatic carbocycles. The van der Waals surface area contributed by atoms with Crippen LogP contribution in [0.25, 0.3) is 0 Å². The van der Waals surface area contributed by atoms with Crippen LogP contribution >= 0.6 is 0 Å². The quantitative estimate of drug-likeness (QED) is 0.602. The Labute approximate surface area is 172 Å². The van der Waals surface area contributed by atoms with E-state index in [1.165, 1.54) is 19.2 Å². The first-order chi connectivity index (χ1) is 14.4. The zero-order valence-electron chi connectivity index (χ0n) is 16.3. The van der Waals surface area contributed by atoms with Gasteiger partial charge in [-0.1, -0.05) is 0 Å². The first kappa shape index (κ1) is 20.8. The van der Waals surface area contributed by atoms with Crippen LogP contribution in [-0.2, 0) is 14.3 Å². The molecule has 0 aromatic heterocycles. The van der Waals surface area contributed by atoms with Gasteiger partial charge in [-0.2, -0.15) is 0 Å². The van der Waals surface area contributed by atoms with Crippen LogP contribution in [0.2, 0.25) is 0 Å². The maximum atomic E-state index is 12.0. The molecule has 3 N–H and O–H groups in total. The minimum Gasteiger partial charge on any atom is -0.497 e. The van der Waals surface area contributed by atoms with Crippen molar-refractivity contribution in [3.05, 3.63) is 54.1 Å².